The van der Waals surface area contributed by atoms with Gasteiger partial charge in [0, 0.05) is 29.6 Å². The molecule has 2 rings (SSSR count). The van der Waals surface area contributed by atoms with Crippen LogP contribution in [0.5, 0.6) is 0 Å². The number of hydrazine groups is 1. The number of halogens is 3. The van der Waals surface area contributed by atoms with E-state index in [9.17, 15) is 9.59 Å². The van der Waals surface area contributed by atoms with Crippen molar-refractivity contribution in [1.29, 1.82) is 0 Å². The molecule has 0 saturated heterocycles. The largest absolute Gasteiger partial charge is 0.298 e. The molecule has 0 aliphatic carbocycles. The van der Waals surface area contributed by atoms with Crippen molar-refractivity contribution in [2.75, 3.05) is 0 Å². The van der Waals surface area contributed by atoms with E-state index in [-0.39, 0.29) is 16.9 Å². The Hall–Kier alpha value is -0.860. The second kappa shape index (κ2) is 9.01. The first-order chi connectivity index (χ1) is 11.4. The van der Waals surface area contributed by atoms with Crippen molar-refractivity contribution in [3.63, 3.8) is 0 Å². The zero-order valence-corrected chi connectivity index (χ0v) is 18.5. The quantitative estimate of drug-likeness (QED) is 0.206. The summed E-state index contributed by atoms with van der Waals surface area (Å²) < 4.78 is 2.52. The van der Waals surface area contributed by atoms with Crippen molar-refractivity contribution in [2.24, 2.45) is 0 Å². The molecule has 6 nitrogen and oxygen atoms in total. The van der Waals surface area contributed by atoms with Gasteiger partial charge in [0.05, 0.1) is 5.56 Å². The first-order valence-corrected chi connectivity index (χ1v) is 9.70. The summed E-state index contributed by atoms with van der Waals surface area (Å²) in [4.78, 5) is 28.0. The molecule has 1 aromatic carbocycles. The predicted octanol–water partition coefficient (Wildman–Crippen LogP) is 3.00. The minimum Gasteiger partial charge on any atom is -0.298 e. The summed E-state index contributed by atoms with van der Waals surface area (Å²) in [6.45, 7) is 0. The number of amides is 2. The zero-order chi connectivity index (χ0) is 17.7. The Morgan fingerprint density at radius 1 is 1.08 bits per heavy atom. The second-order valence-corrected chi connectivity index (χ2v) is 7.96. The summed E-state index contributed by atoms with van der Waals surface area (Å²) in [7, 11) is 0. The molecule has 0 aliphatic heterocycles. The fourth-order valence-corrected chi connectivity index (χ4v) is 4.01. The highest BCUT2D eigenvalue weighted by Crippen LogP contribution is 2.26. The summed E-state index contributed by atoms with van der Waals surface area (Å²) >= 11 is 12.7. The van der Waals surface area contributed by atoms with Gasteiger partial charge in [0.2, 0.25) is 0 Å². The second-order valence-electron chi connectivity index (χ2n) is 4.35. The lowest BCUT2D eigenvalue weighted by molar-refractivity contribution is 0.0934. The van der Waals surface area contributed by atoms with Gasteiger partial charge >= 0.3 is 0 Å². The first kappa shape index (κ1) is 19.5. The number of rotatable bonds is 2. The molecule has 10 heteroatoms. The minimum atomic E-state index is -0.390. The van der Waals surface area contributed by atoms with Crippen LogP contribution in [0.3, 0.4) is 0 Å². The summed E-state index contributed by atoms with van der Waals surface area (Å²) in [6.07, 6.45) is 3.01. The Bertz CT molecular complexity index is 805. The van der Waals surface area contributed by atoms with Gasteiger partial charge in [-0.3, -0.25) is 30.7 Å². The number of nitrogens with zero attached hydrogens (tertiary/aromatic N) is 1. The van der Waals surface area contributed by atoms with E-state index in [2.05, 4.69) is 82.3 Å². The molecule has 2 amide bonds. The Kier molecular flexibility index (Phi) is 7.31. The van der Waals surface area contributed by atoms with Crippen LogP contribution >= 0.6 is 73.3 Å². The number of thiocarbonyl (C=S) groups is 1. The molecule has 3 N–H and O–H groups in total. The molecular formula is C14H9BrI2N4O2S. The average molecular weight is 631 g/mol. The van der Waals surface area contributed by atoms with Crippen LogP contribution in [0.25, 0.3) is 0 Å². The number of hydrogen-bond donors (Lipinski definition) is 3. The number of benzene rings is 1. The van der Waals surface area contributed by atoms with E-state index in [0.717, 1.165) is 7.14 Å². The van der Waals surface area contributed by atoms with E-state index in [1.807, 2.05) is 6.07 Å². The van der Waals surface area contributed by atoms with E-state index < -0.39 is 0 Å². The highest BCUT2D eigenvalue weighted by molar-refractivity contribution is 14.1. The fourth-order valence-electron chi connectivity index (χ4n) is 1.61. The molecule has 124 valence electrons. The van der Waals surface area contributed by atoms with Gasteiger partial charge < -0.3 is 0 Å². The third kappa shape index (κ3) is 5.32. The van der Waals surface area contributed by atoms with Gasteiger partial charge in [0.1, 0.15) is 0 Å². The van der Waals surface area contributed by atoms with Gasteiger partial charge in [0.25, 0.3) is 11.8 Å². The van der Waals surface area contributed by atoms with E-state index in [1.54, 1.807) is 18.2 Å². The molecule has 0 unspecified atom stereocenters. The van der Waals surface area contributed by atoms with Gasteiger partial charge in [0.15, 0.2) is 5.11 Å². The Labute approximate surface area is 178 Å². The van der Waals surface area contributed by atoms with E-state index in [1.165, 1.54) is 12.4 Å². The molecule has 0 aliphatic rings. The van der Waals surface area contributed by atoms with Crippen molar-refractivity contribution < 1.29 is 9.59 Å². The van der Waals surface area contributed by atoms with Crippen LogP contribution in [0, 0.1) is 7.14 Å². The molecule has 0 atom stereocenters. The van der Waals surface area contributed by atoms with E-state index >= 15 is 0 Å². The molecule has 0 bridgehead atoms. The summed E-state index contributed by atoms with van der Waals surface area (Å²) in [5.41, 5.74) is 5.77. The van der Waals surface area contributed by atoms with Crippen LogP contribution in [-0.2, 0) is 0 Å². The molecule has 2 aromatic rings. The third-order valence-electron chi connectivity index (χ3n) is 2.70. The Balaban J connectivity index is 1.95. The SMILES string of the molecule is O=C(NNC(=S)NC(=O)c1cc(I)cc(I)c1Br)c1ccncc1. The number of hydrogen-bond acceptors (Lipinski definition) is 4. The number of nitrogens with one attached hydrogen (secondary N) is 3. The number of carbonyl (C=O) groups is 2. The molecule has 0 saturated carbocycles. The van der Waals surface area contributed by atoms with Crippen LogP contribution in [0.2, 0.25) is 0 Å². The first-order valence-electron chi connectivity index (χ1n) is 6.34. The lowest BCUT2D eigenvalue weighted by atomic mass is 10.2. The van der Waals surface area contributed by atoms with Crippen molar-refractivity contribution in [3.05, 3.63) is 59.4 Å². The number of aromatic nitrogens is 1. The Morgan fingerprint density at radius 3 is 2.42 bits per heavy atom. The molecule has 1 heterocycles. The highest BCUT2D eigenvalue weighted by atomic mass is 127. The summed E-state index contributed by atoms with van der Waals surface area (Å²) in [5.74, 6) is -0.770. The molecule has 1 aromatic heterocycles. The topological polar surface area (TPSA) is 83.1 Å². The van der Waals surface area contributed by atoms with E-state index in [0.29, 0.717) is 15.6 Å². The van der Waals surface area contributed by atoms with Gasteiger partial charge in [-0.1, -0.05) is 0 Å². The van der Waals surface area contributed by atoms with Gasteiger partial charge in [-0.25, -0.2) is 0 Å². The third-order valence-corrected chi connectivity index (χ3v) is 5.97. The normalized spacial score (nSPS) is 9.96. The minimum absolute atomic E-state index is 0.0109. The van der Waals surface area contributed by atoms with Crippen LogP contribution < -0.4 is 16.2 Å². The predicted molar refractivity (Wildman–Crippen MR) is 114 cm³/mol. The van der Waals surface area contributed by atoms with Crippen molar-refractivity contribution in [3.8, 4) is 0 Å². The monoisotopic (exact) mass is 630 g/mol. The number of carbonyl (C=O) groups excluding carboxylic acids is 2. The van der Waals surface area contributed by atoms with Gasteiger partial charge in [-0.05, 0) is 97.6 Å². The molecule has 24 heavy (non-hydrogen) atoms. The van der Waals surface area contributed by atoms with Crippen LogP contribution in [0.1, 0.15) is 20.7 Å². The van der Waals surface area contributed by atoms with Gasteiger partial charge in [-0.15, -0.1) is 0 Å². The van der Waals surface area contributed by atoms with E-state index in [4.69, 9.17) is 12.2 Å². The maximum absolute atomic E-state index is 12.3. The lowest BCUT2D eigenvalue weighted by Gasteiger charge is -2.12. The summed E-state index contributed by atoms with van der Waals surface area (Å²) in [5, 5.41) is 2.51. The van der Waals surface area contributed by atoms with Crippen molar-refractivity contribution in [1.82, 2.24) is 21.2 Å². The van der Waals surface area contributed by atoms with Crippen LogP contribution in [-0.4, -0.2) is 21.9 Å². The average Bonchev–Trinajstić information content (AvgIpc) is 2.56. The lowest BCUT2D eigenvalue weighted by Crippen LogP contribution is -2.48. The zero-order valence-electron chi connectivity index (χ0n) is 11.8. The maximum Gasteiger partial charge on any atom is 0.269 e. The maximum atomic E-state index is 12.3. The molecule has 0 fully saturated rings. The molecule has 0 spiro atoms. The standard InChI is InChI=1S/C14H9BrI2N4O2S/c15-11-9(5-8(16)6-10(11)17)13(23)19-14(24)21-20-12(22)7-1-3-18-4-2-7/h1-6H,(H,20,22)(H2,19,21,23,24). The Morgan fingerprint density at radius 2 is 1.75 bits per heavy atom. The van der Waals surface area contributed by atoms with Crippen molar-refractivity contribution in [2.45, 2.75) is 0 Å². The summed E-state index contributed by atoms with van der Waals surface area (Å²) in [6, 6.07) is 6.79. The van der Waals surface area contributed by atoms with Gasteiger partial charge in [-0.2, -0.15) is 0 Å². The smallest absolute Gasteiger partial charge is 0.269 e. The van der Waals surface area contributed by atoms with Crippen LogP contribution in [0.4, 0.5) is 0 Å². The molecule has 0 radical (unpaired) electrons. The molecular weight excluding hydrogens is 622 g/mol. The van der Waals surface area contributed by atoms with Crippen LogP contribution in [0.15, 0.2) is 41.1 Å². The number of pyridine rings is 1. The fraction of sp³-hybridized carbons (Fsp3) is 0. The highest BCUT2D eigenvalue weighted by Gasteiger charge is 2.15. The van der Waals surface area contributed by atoms with Crippen molar-refractivity contribution >= 4 is 90.3 Å².